The summed E-state index contributed by atoms with van der Waals surface area (Å²) in [7, 11) is 1.67. The molecule has 1 aliphatic rings. The topological polar surface area (TPSA) is 27.7 Å². The van der Waals surface area contributed by atoms with E-state index in [1.807, 2.05) is 12.1 Å². The standard InChI is InChI=1S/C14H20O3/c1-14(2)10-17-13(14)11-4-6-12(7-5-11)16-9-8-15-3/h4-7,13H,8-10H2,1-3H3. The van der Waals surface area contributed by atoms with Crippen LogP contribution in [0.25, 0.3) is 0 Å². The quantitative estimate of drug-likeness (QED) is 0.736. The number of rotatable bonds is 5. The van der Waals surface area contributed by atoms with Crippen LogP contribution in [0.2, 0.25) is 0 Å². The molecule has 1 unspecified atom stereocenters. The monoisotopic (exact) mass is 236 g/mol. The van der Waals surface area contributed by atoms with Crippen molar-refractivity contribution in [3.63, 3.8) is 0 Å². The van der Waals surface area contributed by atoms with E-state index < -0.39 is 0 Å². The summed E-state index contributed by atoms with van der Waals surface area (Å²) in [6.07, 6.45) is 0.218. The molecule has 2 rings (SSSR count). The van der Waals surface area contributed by atoms with E-state index in [4.69, 9.17) is 14.2 Å². The molecule has 1 atom stereocenters. The fourth-order valence-electron chi connectivity index (χ4n) is 2.03. The zero-order chi connectivity index (χ0) is 12.3. The van der Waals surface area contributed by atoms with Crippen molar-refractivity contribution in [2.45, 2.75) is 20.0 Å². The summed E-state index contributed by atoms with van der Waals surface area (Å²) in [6, 6.07) is 8.13. The molecule has 94 valence electrons. The molecule has 1 saturated heterocycles. The zero-order valence-electron chi connectivity index (χ0n) is 10.7. The van der Waals surface area contributed by atoms with Crippen molar-refractivity contribution in [2.24, 2.45) is 5.41 Å². The van der Waals surface area contributed by atoms with Gasteiger partial charge in [-0.25, -0.2) is 0 Å². The minimum Gasteiger partial charge on any atom is -0.491 e. The van der Waals surface area contributed by atoms with Crippen LogP contribution in [0.1, 0.15) is 25.5 Å². The lowest BCUT2D eigenvalue weighted by atomic mass is 9.79. The van der Waals surface area contributed by atoms with Gasteiger partial charge in [0.1, 0.15) is 12.4 Å². The van der Waals surface area contributed by atoms with Gasteiger partial charge in [-0.05, 0) is 17.7 Å². The summed E-state index contributed by atoms with van der Waals surface area (Å²) < 4.78 is 16.1. The predicted molar refractivity (Wildman–Crippen MR) is 66.3 cm³/mol. The van der Waals surface area contributed by atoms with Gasteiger partial charge in [-0.1, -0.05) is 26.0 Å². The Balaban J connectivity index is 1.94. The molecule has 0 aliphatic carbocycles. The lowest BCUT2D eigenvalue weighted by molar-refractivity contribution is -0.172. The molecule has 1 aromatic rings. The molecule has 3 heteroatoms. The maximum absolute atomic E-state index is 5.61. The minimum absolute atomic E-state index is 0.218. The molecule has 0 spiro atoms. The Morgan fingerprint density at radius 3 is 2.41 bits per heavy atom. The van der Waals surface area contributed by atoms with Crippen LogP contribution >= 0.6 is 0 Å². The predicted octanol–water partition coefficient (Wildman–Crippen LogP) is 2.81. The fraction of sp³-hybridized carbons (Fsp3) is 0.571. The molecule has 1 fully saturated rings. The van der Waals surface area contributed by atoms with Gasteiger partial charge in [-0.15, -0.1) is 0 Å². The van der Waals surface area contributed by atoms with Gasteiger partial charge in [0, 0.05) is 12.5 Å². The van der Waals surface area contributed by atoms with Crippen LogP contribution in [0.5, 0.6) is 5.75 Å². The maximum Gasteiger partial charge on any atom is 0.119 e. The van der Waals surface area contributed by atoms with Crippen molar-refractivity contribution in [3.05, 3.63) is 29.8 Å². The Morgan fingerprint density at radius 1 is 1.24 bits per heavy atom. The lowest BCUT2D eigenvalue weighted by Crippen LogP contribution is -2.40. The Bertz CT molecular complexity index is 356. The third kappa shape index (κ3) is 2.79. The Labute approximate surface area is 103 Å². The molecule has 1 heterocycles. The number of benzene rings is 1. The molecule has 0 saturated carbocycles. The molecular formula is C14H20O3. The molecule has 3 nitrogen and oxygen atoms in total. The summed E-state index contributed by atoms with van der Waals surface area (Å²) in [4.78, 5) is 0. The third-order valence-corrected chi connectivity index (χ3v) is 3.07. The highest BCUT2D eigenvalue weighted by Crippen LogP contribution is 2.45. The van der Waals surface area contributed by atoms with Crippen LogP contribution in [-0.4, -0.2) is 26.9 Å². The van der Waals surface area contributed by atoms with Crippen LogP contribution in [-0.2, 0) is 9.47 Å². The van der Waals surface area contributed by atoms with E-state index in [1.165, 1.54) is 5.56 Å². The van der Waals surface area contributed by atoms with E-state index >= 15 is 0 Å². The minimum atomic E-state index is 0.218. The van der Waals surface area contributed by atoms with Crippen LogP contribution in [0.3, 0.4) is 0 Å². The summed E-state index contributed by atoms with van der Waals surface area (Å²) in [5.74, 6) is 0.878. The third-order valence-electron chi connectivity index (χ3n) is 3.07. The second kappa shape index (κ2) is 5.07. The van der Waals surface area contributed by atoms with Gasteiger partial charge in [-0.2, -0.15) is 0 Å². The lowest BCUT2D eigenvalue weighted by Gasteiger charge is -2.44. The average molecular weight is 236 g/mol. The molecule has 17 heavy (non-hydrogen) atoms. The highest BCUT2D eigenvalue weighted by atomic mass is 16.5. The zero-order valence-corrected chi connectivity index (χ0v) is 10.7. The van der Waals surface area contributed by atoms with Crippen molar-refractivity contribution in [1.82, 2.24) is 0 Å². The first-order valence-corrected chi connectivity index (χ1v) is 5.97. The van der Waals surface area contributed by atoms with Gasteiger partial charge >= 0.3 is 0 Å². The van der Waals surface area contributed by atoms with Crippen LogP contribution in [0, 0.1) is 5.41 Å². The summed E-state index contributed by atoms with van der Waals surface area (Å²) in [5, 5.41) is 0. The normalized spacial score (nSPS) is 21.9. The van der Waals surface area contributed by atoms with Gasteiger partial charge in [0.15, 0.2) is 0 Å². The van der Waals surface area contributed by atoms with Crippen molar-refractivity contribution in [3.8, 4) is 5.75 Å². The maximum atomic E-state index is 5.61. The molecule has 0 radical (unpaired) electrons. The summed E-state index contributed by atoms with van der Waals surface area (Å²) >= 11 is 0. The van der Waals surface area contributed by atoms with Crippen molar-refractivity contribution >= 4 is 0 Å². The van der Waals surface area contributed by atoms with Gasteiger partial charge in [0.2, 0.25) is 0 Å². The first kappa shape index (κ1) is 12.4. The summed E-state index contributed by atoms with van der Waals surface area (Å²) in [5.41, 5.74) is 1.47. The molecule has 0 bridgehead atoms. The second-order valence-corrected chi connectivity index (χ2v) is 5.09. The van der Waals surface area contributed by atoms with Crippen molar-refractivity contribution in [1.29, 1.82) is 0 Å². The van der Waals surface area contributed by atoms with Gasteiger partial charge in [0.25, 0.3) is 0 Å². The largest absolute Gasteiger partial charge is 0.491 e. The van der Waals surface area contributed by atoms with Gasteiger partial charge in [0.05, 0.1) is 19.3 Å². The number of methoxy groups -OCH3 is 1. The number of hydrogen-bond donors (Lipinski definition) is 0. The van der Waals surface area contributed by atoms with E-state index in [0.29, 0.717) is 13.2 Å². The Morgan fingerprint density at radius 2 is 1.94 bits per heavy atom. The number of hydrogen-bond acceptors (Lipinski definition) is 3. The van der Waals surface area contributed by atoms with Crippen LogP contribution in [0.4, 0.5) is 0 Å². The molecule has 1 aliphatic heterocycles. The van der Waals surface area contributed by atoms with Gasteiger partial charge in [-0.3, -0.25) is 0 Å². The highest BCUT2D eigenvalue weighted by Gasteiger charge is 2.40. The Hall–Kier alpha value is -1.06. The second-order valence-electron chi connectivity index (χ2n) is 5.09. The van der Waals surface area contributed by atoms with Crippen LogP contribution in [0.15, 0.2) is 24.3 Å². The molecule has 1 aromatic carbocycles. The van der Waals surface area contributed by atoms with E-state index in [-0.39, 0.29) is 11.5 Å². The molecule has 0 N–H and O–H groups in total. The SMILES string of the molecule is COCCOc1ccc(C2OCC2(C)C)cc1. The van der Waals surface area contributed by atoms with Gasteiger partial charge < -0.3 is 14.2 Å². The first-order valence-electron chi connectivity index (χ1n) is 5.97. The molecular weight excluding hydrogens is 216 g/mol. The summed E-state index contributed by atoms with van der Waals surface area (Å²) in [6.45, 7) is 6.49. The average Bonchev–Trinajstić information content (AvgIpc) is 2.30. The fourth-order valence-corrected chi connectivity index (χ4v) is 2.03. The van der Waals surface area contributed by atoms with Crippen molar-refractivity contribution in [2.75, 3.05) is 26.9 Å². The van der Waals surface area contributed by atoms with E-state index in [9.17, 15) is 0 Å². The molecule has 0 amide bonds. The highest BCUT2D eigenvalue weighted by molar-refractivity contribution is 5.30. The van der Waals surface area contributed by atoms with E-state index in [0.717, 1.165) is 12.4 Å². The van der Waals surface area contributed by atoms with E-state index in [1.54, 1.807) is 7.11 Å². The van der Waals surface area contributed by atoms with Crippen LogP contribution < -0.4 is 4.74 Å². The van der Waals surface area contributed by atoms with E-state index in [2.05, 4.69) is 26.0 Å². The number of ether oxygens (including phenoxy) is 3. The molecule has 0 aromatic heterocycles. The Kier molecular flexibility index (Phi) is 3.69. The smallest absolute Gasteiger partial charge is 0.119 e. The van der Waals surface area contributed by atoms with Crippen molar-refractivity contribution < 1.29 is 14.2 Å². The first-order chi connectivity index (χ1) is 8.13.